The number of benzene rings is 1. The van der Waals surface area contributed by atoms with E-state index < -0.39 is 11.4 Å². The number of carboxylic acids is 1. The molecule has 1 aromatic carbocycles. The summed E-state index contributed by atoms with van der Waals surface area (Å²) in [5.74, 6) is 0.255. The van der Waals surface area contributed by atoms with Crippen LogP contribution in [0.1, 0.15) is 33.1 Å². The van der Waals surface area contributed by atoms with Crippen molar-refractivity contribution in [1.82, 2.24) is 24.9 Å². The number of H-pyrrole nitrogens is 1. The summed E-state index contributed by atoms with van der Waals surface area (Å²) in [6, 6.07) is 9.74. The van der Waals surface area contributed by atoms with Crippen LogP contribution >= 0.6 is 0 Å². The number of nitrogens with two attached hydrogens (primary N) is 2. The molecule has 0 amide bonds. The molecule has 0 radical (unpaired) electrons. The van der Waals surface area contributed by atoms with Crippen LogP contribution in [-0.2, 0) is 9.59 Å². The number of fused-ring (bicyclic) bond motifs is 1. The number of aromatic amines is 1. The van der Waals surface area contributed by atoms with Crippen molar-refractivity contribution < 1.29 is 14.7 Å². The van der Waals surface area contributed by atoms with Crippen molar-refractivity contribution in [1.29, 1.82) is 0 Å². The van der Waals surface area contributed by atoms with Gasteiger partial charge in [-0.3, -0.25) is 9.78 Å². The second-order valence-electron chi connectivity index (χ2n) is 8.86. The number of carbonyl (C=O) groups is 2. The predicted octanol–water partition coefficient (Wildman–Crippen LogP) is 3.53. The lowest BCUT2D eigenvalue weighted by Crippen LogP contribution is -2.44. The molecule has 38 heavy (non-hydrogen) atoms. The van der Waals surface area contributed by atoms with E-state index in [4.69, 9.17) is 16.3 Å². The molecule has 11 nitrogen and oxygen atoms in total. The van der Waals surface area contributed by atoms with E-state index in [1.54, 1.807) is 18.6 Å². The molecular weight excluding hydrogens is 484 g/mol. The number of anilines is 2. The predicted molar refractivity (Wildman–Crippen MR) is 148 cm³/mol. The van der Waals surface area contributed by atoms with Gasteiger partial charge in [0.2, 0.25) is 5.95 Å². The number of pyridine rings is 1. The first kappa shape index (κ1) is 28.2. The van der Waals surface area contributed by atoms with Crippen molar-refractivity contribution in [2.24, 2.45) is 11.1 Å². The van der Waals surface area contributed by atoms with Crippen molar-refractivity contribution in [3.05, 3.63) is 48.9 Å². The Hall–Kier alpha value is -4.38. The summed E-state index contributed by atoms with van der Waals surface area (Å²) in [4.78, 5) is 42.9. The van der Waals surface area contributed by atoms with Crippen LogP contribution in [0, 0.1) is 5.41 Å². The second kappa shape index (κ2) is 12.7. The molecule has 0 atom stereocenters. The number of hydrogen-bond donors (Lipinski definition) is 4. The van der Waals surface area contributed by atoms with Crippen LogP contribution in [0.15, 0.2) is 48.9 Å². The lowest BCUT2D eigenvalue weighted by atomic mass is 9.76. The van der Waals surface area contributed by atoms with Gasteiger partial charge in [-0.05, 0) is 55.6 Å². The maximum Gasteiger partial charge on any atom is 0.309 e. The number of piperidine rings is 1. The second-order valence-corrected chi connectivity index (χ2v) is 8.86. The number of nitrogens with zero attached hydrogens (tertiary/aromatic N) is 5. The first-order chi connectivity index (χ1) is 18.4. The lowest BCUT2D eigenvalue weighted by Gasteiger charge is -2.38. The molecule has 1 fully saturated rings. The van der Waals surface area contributed by atoms with Crippen molar-refractivity contribution in [3.8, 4) is 22.4 Å². The zero-order valence-corrected chi connectivity index (χ0v) is 21.7. The molecule has 0 aliphatic carbocycles. The Morgan fingerprint density at radius 1 is 1.11 bits per heavy atom. The van der Waals surface area contributed by atoms with E-state index in [2.05, 4.69) is 29.8 Å². The van der Waals surface area contributed by atoms with Gasteiger partial charge in [0.05, 0.1) is 22.1 Å². The number of imidazole rings is 1. The van der Waals surface area contributed by atoms with E-state index in [-0.39, 0.29) is 0 Å². The van der Waals surface area contributed by atoms with Crippen LogP contribution in [0.5, 0.6) is 0 Å². The quantitative estimate of drug-likeness (QED) is 0.305. The Bertz CT molecular complexity index is 1330. The van der Waals surface area contributed by atoms with E-state index in [1.165, 1.54) is 0 Å². The average molecular weight is 519 g/mol. The summed E-state index contributed by atoms with van der Waals surface area (Å²) in [5, 5.41) is 9.62. The first-order valence-electron chi connectivity index (χ1n) is 12.4. The molecule has 6 N–H and O–H groups in total. The lowest BCUT2D eigenvalue weighted by molar-refractivity contribution is -0.150. The SMILES string of the molecule is C=O.CCC1(C(=O)O)CCN(c2ncc(-c3cc(-c4ccccn4)c4nc(N)[nH]c4c3)cn2)CC1.CCN. The largest absolute Gasteiger partial charge is 0.481 e. The van der Waals surface area contributed by atoms with Crippen molar-refractivity contribution in [2.45, 2.75) is 33.1 Å². The highest BCUT2D eigenvalue weighted by Gasteiger charge is 2.40. The molecule has 0 spiro atoms. The van der Waals surface area contributed by atoms with E-state index in [0.717, 1.165) is 40.0 Å². The molecule has 1 saturated heterocycles. The third-order valence-electron chi connectivity index (χ3n) is 6.65. The highest BCUT2D eigenvalue weighted by atomic mass is 16.4. The summed E-state index contributed by atoms with van der Waals surface area (Å²) in [7, 11) is 0. The highest BCUT2D eigenvalue weighted by molar-refractivity contribution is 5.96. The van der Waals surface area contributed by atoms with Gasteiger partial charge in [0.15, 0.2) is 5.95 Å². The highest BCUT2D eigenvalue weighted by Crippen LogP contribution is 2.36. The molecule has 11 heteroatoms. The molecule has 1 aliphatic heterocycles. The molecule has 4 heterocycles. The number of aliphatic carboxylic acids is 1. The van der Waals surface area contributed by atoms with Gasteiger partial charge in [-0.1, -0.05) is 19.9 Å². The normalized spacial score (nSPS) is 14.1. The summed E-state index contributed by atoms with van der Waals surface area (Å²) in [5.41, 5.74) is 15.2. The minimum atomic E-state index is -0.709. The van der Waals surface area contributed by atoms with Crippen LogP contribution in [0.2, 0.25) is 0 Å². The third kappa shape index (κ3) is 5.94. The number of nitrogen functional groups attached to an aromatic ring is 1. The van der Waals surface area contributed by atoms with Crippen LogP contribution in [0.25, 0.3) is 33.4 Å². The van der Waals surface area contributed by atoms with Gasteiger partial charge in [0, 0.05) is 42.8 Å². The zero-order chi connectivity index (χ0) is 27.7. The van der Waals surface area contributed by atoms with Crippen LogP contribution in [-0.4, -0.2) is 62.4 Å². The fourth-order valence-electron chi connectivity index (χ4n) is 4.51. The van der Waals surface area contributed by atoms with Crippen LogP contribution < -0.4 is 16.4 Å². The van der Waals surface area contributed by atoms with Gasteiger partial charge in [0.25, 0.3) is 0 Å². The Kier molecular flexibility index (Phi) is 9.44. The molecule has 4 aromatic rings. The monoisotopic (exact) mass is 518 g/mol. The molecule has 5 rings (SSSR count). The first-order valence-corrected chi connectivity index (χ1v) is 12.4. The topological polar surface area (TPSA) is 177 Å². The van der Waals surface area contributed by atoms with Crippen LogP contribution in [0.3, 0.4) is 0 Å². The van der Waals surface area contributed by atoms with E-state index in [1.807, 2.05) is 51.0 Å². The summed E-state index contributed by atoms with van der Waals surface area (Å²) < 4.78 is 0. The third-order valence-corrected chi connectivity index (χ3v) is 6.65. The molecule has 0 unspecified atom stereocenters. The average Bonchev–Trinajstić information content (AvgIpc) is 3.34. The van der Waals surface area contributed by atoms with Gasteiger partial charge < -0.3 is 31.3 Å². The Morgan fingerprint density at radius 3 is 2.32 bits per heavy atom. The number of carbonyl (C=O) groups excluding carboxylic acids is 1. The maximum atomic E-state index is 11.7. The fraction of sp³-hybridized carbons (Fsp3) is 0.333. The molecule has 0 bridgehead atoms. The minimum Gasteiger partial charge on any atom is -0.481 e. The van der Waals surface area contributed by atoms with Gasteiger partial charge in [-0.2, -0.15) is 0 Å². The smallest absolute Gasteiger partial charge is 0.309 e. The van der Waals surface area contributed by atoms with Crippen LogP contribution in [0.4, 0.5) is 11.9 Å². The maximum absolute atomic E-state index is 11.7. The van der Waals surface area contributed by atoms with Crippen molar-refractivity contribution in [3.63, 3.8) is 0 Å². The molecule has 3 aromatic heterocycles. The number of rotatable bonds is 5. The number of aromatic nitrogens is 5. The van der Waals surface area contributed by atoms with E-state index >= 15 is 0 Å². The standard InChI is InChI=1S/C24H25N7O2.C2H7N.CH2O/c1-2-24(21(32)33)6-9-31(10-7-24)23-27-13-16(14-28-23)15-11-17(18-5-3-4-8-26-18)20-19(12-15)29-22(25)30-20;1-2-3;1-2/h3-5,8,11-14H,2,6-7,9-10H2,1H3,(H,32,33)(H3,25,29,30);2-3H2,1H3;1H2. The van der Waals surface area contributed by atoms with Gasteiger partial charge in [0.1, 0.15) is 6.79 Å². The van der Waals surface area contributed by atoms with Gasteiger partial charge >= 0.3 is 5.97 Å². The van der Waals surface area contributed by atoms with Gasteiger partial charge in [-0.15, -0.1) is 0 Å². The number of nitrogens with one attached hydrogen (secondary N) is 1. The Balaban J connectivity index is 0.000000748. The van der Waals surface area contributed by atoms with Crippen molar-refractivity contribution >= 4 is 35.7 Å². The molecule has 200 valence electrons. The Morgan fingerprint density at radius 2 is 1.76 bits per heavy atom. The summed E-state index contributed by atoms with van der Waals surface area (Å²) in [6.07, 6.45) is 7.16. The van der Waals surface area contributed by atoms with Gasteiger partial charge in [-0.25, -0.2) is 15.0 Å². The fourth-order valence-corrected chi connectivity index (χ4v) is 4.51. The number of hydrogen-bond acceptors (Lipinski definition) is 9. The summed E-state index contributed by atoms with van der Waals surface area (Å²) >= 11 is 0. The Labute approximate surface area is 221 Å². The molecule has 1 aliphatic rings. The van der Waals surface area contributed by atoms with E-state index in [0.29, 0.717) is 44.2 Å². The molecule has 0 saturated carbocycles. The number of carboxylic acid groups (broad SMARTS) is 1. The minimum absolute atomic E-state index is 0.348. The molecular formula is C27H34N8O3. The van der Waals surface area contributed by atoms with E-state index in [9.17, 15) is 9.90 Å². The van der Waals surface area contributed by atoms with Crippen molar-refractivity contribution in [2.75, 3.05) is 30.3 Å². The zero-order valence-electron chi connectivity index (χ0n) is 21.7. The summed E-state index contributed by atoms with van der Waals surface area (Å²) in [6.45, 7) is 7.85.